The first-order chi connectivity index (χ1) is 6.89. The molecule has 0 radical (unpaired) electrons. The van der Waals surface area contributed by atoms with Gasteiger partial charge in [-0.1, -0.05) is 6.07 Å². The van der Waals surface area contributed by atoms with Crippen LogP contribution in [0.25, 0.3) is 0 Å². The number of aromatic nitrogens is 1. The first-order valence-corrected chi connectivity index (χ1v) is 4.36. The van der Waals surface area contributed by atoms with Gasteiger partial charge in [0.25, 0.3) is 0 Å². The molecule has 15 heavy (non-hydrogen) atoms. The minimum atomic E-state index is -4.44. The molecule has 0 saturated heterocycles. The monoisotopic (exact) mass is 220 g/mol. The summed E-state index contributed by atoms with van der Waals surface area (Å²) in [6.07, 6.45) is -5.08. The van der Waals surface area contributed by atoms with Crippen molar-refractivity contribution in [3.63, 3.8) is 0 Å². The average molecular weight is 220 g/mol. The zero-order chi connectivity index (χ0) is 11.5. The number of alkyl halides is 3. The minimum Gasteiger partial charge on any atom is -0.392 e. The molecule has 0 aliphatic rings. The summed E-state index contributed by atoms with van der Waals surface area (Å²) in [5, 5.41) is 11.5. The van der Waals surface area contributed by atoms with Gasteiger partial charge in [0.2, 0.25) is 0 Å². The van der Waals surface area contributed by atoms with E-state index in [9.17, 15) is 13.2 Å². The summed E-state index contributed by atoms with van der Waals surface area (Å²) in [7, 11) is 0. The van der Waals surface area contributed by atoms with Gasteiger partial charge in [-0.25, -0.2) is 4.98 Å². The van der Waals surface area contributed by atoms with E-state index in [4.69, 9.17) is 5.11 Å². The second-order valence-electron chi connectivity index (χ2n) is 3.14. The summed E-state index contributed by atoms with van der Waals surface area (Å²) in [5.41, 5.74) is -0.946. The van der Waals surface area contributed by atoms with Crippen molar-refractivity contribution in [3.8, 4) is 0 Å². The Kier molecular flexibility index (Phi) is 3.52. The standard InChI is InChI=1S/C9H11F3N2O/c1-6(15)5-13-8-4-2-3-7(14-8)9(10,11)12/h2-4,6,15H,5H2,1H3,(H,13,14). The number of halogens is 3. The van der Waals surface area contributed by atoms with Crippen LogP contribution in [0, 0.1) is 0 Å². The molecule has 1 atom stereocenters. The normalized spacial score (nSPS) is 13.7. The molecule has 0 aromatic carbocycles. The van der Waals surface area contributed by atoms with Gasteiger partial charge < -0.3 is 10.4 Å². The molecular formula is C9H11F3N2O. The van der Waals surface area contributed by atoms with Crippen molar-refractivity contribution in [2.24, 2.45) is 0 Å². The van der Waals surface area contributed by atoms with Gasteiger partial charge in [0, 0.05) is 6.54 Å². The number of hydrogen-bond donors (Lipinski definition) is 2. The fourth-order valence-electron chi connectivity index (χ4n) is 0.943. The van der Waals surface area contributed by atoms with Gasteiger partial charge in [0.15, 0.2) is 0 Å². The van der Waals surface area contributed by atoms with Crippen LogP contribution in [0.5, 0.6) is 0 Å². The van der Waals surface area contributed by atoms with Crippen LogP contribution in [0.4, 0.5) is 19.0 Å². The van der Waals surface area contributed by atoms with Crippen molar-refractivity contribution in [1.29, 1.82) is 0 Å². The molecule has 0 bridgehead atoms. The minimum absolute atomic E-state index is 0.103. The van der Waals surface area contributed by atoms with E-state index in [0.29, 0.717) is 0 Å². The zero-order valence-corrected chi connectivity index (χ0v) is 8.04. The number of nitrogens with one attached hydrogen (secondary N) is 1. The molecule has 1 heterocycles. The van der Waals surface area contributed by atoms with Crippen molar-refractivity contribution >= 4 is 5.82 Å². The van der Waals surface area contributed by atoms with Gasteiger partial charge in [-0.05, 0) is 19.1 Å². The summed E-state index contributed by atoms with van der Waals surface area (Å²) in [5.74, 6) is 0.103. The molecule has 6 heteroatoms. The largest absolute Gasteiger partial charge is 0.433 e. The lowest BCUT2D eigenvalue weighted by Gasteiger charge is -2.10. The predicted molar refractivity (Wildman–Crippen MR) is 49.4 cm³/mol. The highest BCUT2D eigenvalue weighted by Gasteiger charge is 2.32. The van der Waals surface area contributed by atoms with E-state index in [-0.39, 0.29) is 12.4 Å². The number of hydrogen-bond acceptors (Lipinski definition) is 3. The van der Waals surface area contributed by atoms with Crippen LogP contribution in [-0.4, -0.2) is 22.7 Å². The lowest BCUT2D eigenvalue weighted by atomic mass is 10.3. The molecule has 0 aliphatic heterocycles. The van der Waals surface area contributed by atoms with Crippen molar-refractivity contribution < 1.29 is 18.3 Å². The van der Waals surface area contributed by atoms with Gasteiger partial charge in [0.05, 0.1) is 6.10 Å². The maximum atomic E-state index is 12.2. The van der Waals surface area contributed by atoms with E-state index >= 15 is 0 Å². The van der Waals surface area contributed by atoms with Gasteiger partial charge in [0.1, 0.15) is 11.5 Å². The lowest BCUT2D eigenvalue weighted by molar-refractivity contribution is -0.141. The lowest BCUT2D eigenvalue weighted by Crippen LogP contribution is -2.17. The number of anilines is 1. The molecule has 0 saturated carbocycles. The summed E-state index contributed by atoms with van der Waals surface area (Å²) in [6, 6.07) is 3.57. The van der Waals surface area contributed by atoms with Crippen LogP contribution in [0.15, 0.2) is 18.2 Å². The molecular weight excluding hydrogens is 209 g/mol. The Morgan fingerprint density at radius 2 is 2.13 bits per heavy atom. The Labute approximate surface area is 85.0 Å². The average Bonchev–Trinajstić information content (AvgIpc) is 2.14. The van der Waals surface area contributed by atoms with Crippen molar-refractivity contribution in [2.45, 2.75) is 19.2 Å². The van der Waals surface area contributed by atoms with E-state index < -0.39 is 18.0 Å². The topological polar surface area (TPSA) is 45.1 Å². The quantitative estimate of drug-likeness (QED) is 0.817. The maximum absolute atomic E-state index is 12.2. The van der Waals surface area contributed by atoms with E-state index in [1.54, 1.807) is 0 Å². The molecule has 0 amide bonds. The Bertz CT molecular complexity index is 325. The highest BCUT2D eigenvalue weighted by molar-refractivity contribution is 5.35. The van der Waals surface area contributed by atoms with Crippen molar-refractivity contribution in [2.75, 3.05) is 11.9 Å². The third kappa shape index (κ3) is 3.75. The van der Waals surface area contributed by atoms with Crippen LogP contribution in [0.3, 0.4) is 0 Å². The molecule has 84 valence electrons. The SMILES string of the molecule is CC(O)CNc1cccc(C(F)(F)F)n1. The van der Waals surface area contributed by atoms with E-state index in [1.165, 1.54) is 19.1 Å². The molecule has 2 N–H and O–H groups in total. The van der Waals surface area contributed by atoms with Gasteiger partial charge in [-0.15, -0.1) is 0 Å². The molecule has 1 rings (SSSR count). The highest BCUT2D eigenvalue weighted by Crippen LogP contribution is 2.27. The first kappa shape index (κ1) is 11.8. The zero-order valence-electron chi connectivity index (χ0n) is 8.04. The molecule has 1 unspecified atom stereocenters. The summed E-state index contributed by atoms with van der Waals surface area (Å²) >= 11 is 0. The molecule has 3 nitrogen and oxygen atoms in total. The van der Waals surface area contributed by atoms with Gasteiger partial charge >= 0.3 is 6.18 Å². The second-order valence-corrected chi connectivity index (χ2v) is 3.14. The molecule has 1 aromatic heterocycles. The van der Waals surface area contributed by atoms with E-state index in [0.717, 1.165) is 6.07 Å². The smallest absolute Gasteiger partial charge is 0.392 e. The number of aliphatic hydroxyl groups is 1. The summed E-state index contributed by atoms with van der Waals surface area (Å²) < 4.78 is 36.7. The fourth-order valence-corrected chi connectivity index (χ4v) is 0.943. The van der Waals surface area contributed by atoms with Gasteiger partial charge in [-0.2, -0.15) is 13.2 Å². The number of aliphatic hydroxyl groups excluding tert-OH is 1. The Balaban J connectivity index is 2.75. The van der Waals surface area contributed by atoms with Crippen molar-refractivity contribution in [3.05, 3.63) is 23.9 Å². The summed E-state index contributed by atoms with van der Waals surface area (Å²) in [6.45, 7) is 1.69. The van der Waals surface area contributed by atoms with Crippen molar-refractivity contribution in [1.82, 2.24) is 4.98 Å². The third-order valence-corrected chi connectivity index (χ3v) is 1.62. The van der Waals surface area contributed by atoms with Crippen LogP contribution in [0.1, 0.15) is 12.6 Å². The van der Waals surface area contributed by atoms with E-state index in [1.807, 2.05) is 0 Å². The van der Waals surface area contributed by atoms with Gasteiger partial charge in [-0.3, -0.25) is 0 Å². The molecule has 1 aromatic rings. The first-order valence-electron chi connectivity index (χ1n) is 4.36. The second kappa shape index (κ2) is 4.48. The Hall–Kier alpha value is -1.30. The van der Waals surface area contributed by atoms with Crippen LogP contribution in [-0.2, 0) is 6.18 Å². The Morgan fingerprint density at radius 3 is 2.67 bits per heavy atom. The highest BCUT2D eigenvalue weighted by atomic mass is 19.4. The summed E-state index contributed by atoms with van der Waals surface area (Å²) in [4.78, 5) is 3.37. The molecule has 0 fully saturated rings. The molecule has 0 aliphatic carbocycles. The third-order valence-electron chi connectivity index (χ3n) is 1.62. The van der Waals surface area contributed by atoms with E-state index in [2.05, 4.69) is 10.3 Å². The van der Waals surface area contributed by atoms with Crippen LogP contribution < -0.4 is 5.32 Å². The fraction of sp³-hybridized carbons (Fsp3) is 0.444. The van der Waals surface area contributed by atoms with Crippen LogP contribution >= 0.6 is 0 Å². The molecule has 0 spiro atoms. The maximum Gasteiger partial charge on any atom is 0.433 e. The number of nitrogens with zero attached hydrogens (tertiary/aromatic N) is 1. The predicted octanol–water partition coefficient (Wildman–Crippen LogP) is 1.89. The Morgan fingerprint density at radius 1 is 1.47 bits per heavy atom. The number of pyridine rings is 1. The van der Waals surface area contributed by atoms with Crippen LogP contribution in [0.2, 0.25) is 0 Å². The number of rotatable bonds is 3.